The number of fused-ring (bicyclic) bond motifs is 1. The summed E-state index contributed by atoms with van der Waals surface area (Å²) in [6.45, 7) is 0.425. The Hall–Kier alpha value is -3.47. The molecule has 0 aliphatic heterocycles. The van der Waals surface area contributed by atoms with Crippen molar-refractivity contribution >= 4 is 68.1 Å². The van der Waals surface area contributed by atoms with Crippen molar-refractivity contribution in [1.29, 1.82) is 0 Å². The zero-order chi connectivity index (χ0) is 24.1. The second kappa shape index (κ2) is 10.6. The summed E-state index contributed by atoms with van der Waals surface area (Å²) >= 11 is 8.64. The number of thiazole rings is 1. The van der Waals surface area contributed by atoms with E-state index in [1.54, 1.807) is 30.3 Å². The molecule has 8 nitrogen and oxygen atoms in total. The third kappa shape index (κ3) is 6.10. The first-order valence-corrected chi connectivity index (χ1v) is 12.2. The molecule has 1 heterocycles. The molecule has 0 saturated carbocycles. The van der Waals surface area contributed by atoms with E-state index in [1.807, 2.05) is 12.1 Å². The number of hydrogen-bond donors (Lipinski definition) is 2. The van der Waals surface area contributed by atoms with E-state index >= 15 is 0 Å². The van der Waals surface area contributed by atoms with Crippen LogP contribution in [0.1, 0.15) is 15.9 Å². The summed E-state index contributed by atoms with van der Waals surface area (Å²) in [5.74, 6) is -0.238. The van der Waals surface area contributed by atoms with Crippen LogP contribution in [0.5, 0.6) is 0 Å². The summed E-state index contributed by atoms with van der Waals surface area (Å²) < 4.78 is 1.61. The molecule has 0 aliphatic carbocycles. The molecule has 2 amide bonds. The number of anilines is 1. The second-order valence-corrected chi connectivity index (χ2v) is 9.80. The zero-order valence-corrected chi connectivity index (χ0v) is 19.9. The molecule has 2 N–H and O–H groups in total. The molecule has 0 aliphatic rings. The Bertz CT molecular complexity index is 1360. The van der Waals surface area contributed by atoms with Gasteiger partial charge in [0.1, 0.15) is 0 Å². The van der Waals surface area contributed by atoms with Crippen LogP contribution in [0.4, 0.5) is 11.4 Å². The van der Waals surface area contributed by atoms with Crippen molar-refractivity contribution in [2.45, 2.75) is 10.9 Å². The minimum Gasteiger partial charge on any atom is -0.351 e. The van der Waals surface area contributed by atoms with E-state index in [-0.39, 0.29) is 23.3 Å². The van der Waals surface area contributed by atoms with Crippen LogP contribution in [0.15, 0.2) is 71.1 Å². The van der Waals surface area contributed by atoms with Gasteiger partial charge in [0.15, 0.2) is 4.34 Å². The number of aromatic nitrogens is 1. The molecule has 0 fully saturated rings. The molecule has 4 aromatic rings. The number of carbonyl (C=O) groups is 2. The van der Waals surface area contributed by atoms with Crippen LogP contribution in [0, 0.1) is 10.1 Å². The van der Waals surface area contributed by atoms with E-state index in [0.29, 0.717) is 22.8 Å². The van der Waals surface area contributed by atoms with Crippen LogP contribution in [0.2, 0.25) is 5.02 Å². The van der Waals surface area contributed by atoms with Crippen LogP contribution in [-0.4, -0.2) is 27.5 Å². The maximum atomic E-state index is 12.4. The number of thioether (sulfide) groups is 1. The Morgan fingerprint density at radius 3 is 2.50 bits per heavy atom. The molecule has 3 aromatic carbocycles. The fraction of sp³-hybridized carbons (Fsp3) is 0.0870. The number of amides is 2. The molecular formula is C23H17ClN4O4S2. The Kier molecular flexibility index (Phi) is 7.41. The van der Waals surface area contributed by atoms with Crippen LogP contribution in [-0.2, 0) is 11.3 Å². The molecule has 4 rings (SSSR count). The third-order valence-corrected chi connectivity index (χ3v) is 7.11. The molecule has 0 atom stereocenters. The highest BCUT2D eigenvalue weighted by Gasteiger charge is 2.12. The number of nitro groups is 1. The first-order chi connectivity index (χ1) is 16.4. The van der Waals surface area contributed by atoms with Gasteiger partial charge in [-0.2, -0.15) is 0 Å². The van der Waals surface area contributed by atoms with Crippen LogP contribution in [0.3, 0.4) is 0 Å². The van der Waals surface area contributed by atoms with Gasteiger partial charge in [0.05, 0.1) is 20.9 Å². The summed E-state index contributed by atoms with van der Waals surface area (Å²) in [7, 11) is 0. The van der Waals surface area contributed by atoms with Gasteiger partial charge in [-0.05, 0) is 48.0 Å². The smallest absolute Gasteiger partial charge is 0.269 e. The number of rotatable bonds is 8. The van der Waals surface area contributed by atoms with Crippen LogP contribution >= 0.6 is 34.7 Å². The average molecular weight is 513 g/mol. The SMILES string of the molecule is O=C(CSc1nc2ccc(NC(=O)c3ccc([N+](=O)[O-])cc3)cc2s1)NCc1ccc(Cl)cc1. The van der Waals surface area contributed by atoms with Gasteiger partial charge < -0.3 is 10.6 Å². The van der Waals surface area contributed by atoms with E-state index in [9.17, 15) is 19.7 Å². The van der Waals surface area contributed by atoms with Crippen molar-refractivity contribution in [3.05, 3.63) is 93.0 Å². The largest absolute Gasteiger partial charge is 0.351 e. The van der Waals surface area contributed by atoms with Crippen molar-refractivity contribution in [2.24, 2.45) is 0 Å². The van der Waals surface area contributed by atoms with E-state index in [2.05, 4.69) is 15.6 Å². The Morgan fingerprint density at radius 2 is 1.79 bits per heavy atom. The van der Waals surface area contributed by atoms with Crippen molar-refractivity contribution in [2.75, 3.05) is 11.1 Å². The molecule has 34 heavy (non-hydrogen) atoms. The van der Waals surface area contributed by atoms with Crippen LogP contribution in [0.25, 0.3) is 10.2 Å². The standard InChI is InChI=1S/C23H17ClN4O4S2/c24-16-5-1-14(2-6-16)12-25-21(29)13-33-23-27-19-10-7-17(11-20(19)34-23)26-22(30)15-3-8-18(9-4-15)28(31)32/h1-11H,12-13H2,(H,25,29)(H,26,30). The fourth-order valence-electron chi connectivity index (χ4n) is 2.96. The minimum absolute atomic E-state index is 0.0775. The molecular weight excluding hydrogens is 496 g/mol. The number of carbonyl (C=O) groups excluding carboxylic acids is 2. The summed E-state index contributed by atoms with van der Waals surface area (Å²) in [5.41, 5.74) is 2.55. The molecule has 172 valence electrons. The number of hydrogen-bond acceptors (Lipinski definition) is 7. The highest BCUT2D eigenvalue weighted by atomic mass is 35.5. The predicted octanol–water partition coefficient (Wildman–Crippen LogP) is 5.52. The molecule has 0 bridgehead atoms. The van der Waals surface area contributed by atoms with Gasteiger partial charge in [-0.15, -0.1) is 11.3 Å². The van der Waals surface area contributed by atoms with E-state index in [4.69, 9.17) is 11.6 Å². The Balaban J connectivity index is 1.33. The quantitative estimate of drug-likeness (QED) is 0.182. The molecule has 11 heteroatoms. The fourth-order valence-corrected chi connectivity index (χ4v) is 5.03. The first kappa shape index (κ1) is 23.7. The highest BCUT2D eigenvalue weighted by molar-refractivity contribution is 8.01. The van der Waals surface area contributed by atoms with Crippen molar-refractivity contribution in [1.82, 2.24) is 10.3 Å². The lowest BCUT2D eigenvalue weighted by Gasteiger charge is -2.05. The lowest BCUT2D eigenvalue weighted by molar-refractivity contribution is -0.384. The van der Waals surface area contributed by atoms with Gasteiger partial charge in [-0.3, -0.25) is 19.7 Å². The van der Waals surface area contributed by atoms with Gasteiger partial charge in [-0.1, -0.05) is 35.5 Å². The number of nitrogens with zero attached hydrogens (tertiary/aromatic N) is 2. The molecule has 0 spiro atoms. The first-order valence-electron chi connectivity index (χ1n) is 9.98. The van der Waals surface area contributed by atoms with Gasteiger partial charge in [0.2, 0.25) is 5.91 Å². The number of nitrogens with one attached hydrogen (secondary N) is 2. The van der Waals surface area contributed by atoms with E-state index in [0.717, 1.165) is 20.1 Å². The normalized spacial score (nSPS) is 10.7. The molecule has 0 unspecified atom stereocenters. The van der Waals surface area contributed by atoms with E-state index in [1.165, 1.54) is 47.4 Å². The molecule has 0 radical (unpaired) electrons. The summed E-state index contributed by atoms with van der Waals surface area (Å²) in [5, 5.41) is 17.1. The Morgan fingerprint density at radius 1 is 1.06 bits per heavy atom. The van der Waals surface area contributed by atoms with Gasteiger partial charge in [-0.25, -0.2) is 4.98 Å². The summed E-state index contributed by atoms with van der Waals surface area (Å²) in [6.07, 6.45) is 0. The lowest BCUT2D eigenvalue weighted by atomic mass is 10.2. The summed E-state index contributed by atoms with van der Waals surface area (Å²) in [6, 6.07) is 18.0. The maximum Gasteiger partial charge on any atom is 0.269 e. The number of non-ortho nitro benzene ring substituents is 1. The van der Waals surface area contributed by atoms with Gasteiger partial charge in [0, 0.05) is 35.0 Å². The third-order valence-electron chi connectivity index (χ3n) is 4.70. The zero-order valence-electron chi connectivity index (χ0n) is 17.5. The van der Waals surface area contributed by atoms with Crippen LogP contribution < -0.4 is 10.6 Å². The summed E-state index contributed by atoms with van der Waals surface area (Å²) in [4.78, 5) is 39.4. The predicted molar refractivity (Wildman–Crippen MR) is 135 cm³/mol. The minimum atomic E-state index is -0.516. The number of benzene rings is 3. The molecule has 1 aromatic heterocycles. The maximum absolute atomic E-state index is 12.4. The highest BCUT2D eigenvalue weighted by Crippen LogP contribution is 2.31. The topological polar surface area (TPSA) is 114 Å². The van der Waals surface area contributed by atoms with Gasteiger partial charge in [0.25, 0.3) is 11.6 Å². The van der Waals surface area contributed by atoms with E-state index < -0.39 is 4.92 Å². The average Bonchev–Trinajstić information content (AvgIpc) is 3.24. The van der Waals surface area contributed by atoms with Crippen molar-refractivity contribution < 1.29 is 14.5 Å². The number of nitro benzene ring substituents is 1. The Labute approximate surface area is 207 Å². The second-order valence-electron chi connectivity index (χ2n) is 7.11. The van der Waals surface area contributed by atoms with Crippen molar-refractivity contribution in [3.63, 3.8) is 0 Å². The molecule has 0 saturated heterocycles. The number of halogens is 1. The van der Waals surface area contributed by atoms with Gasteiger partial charge >= 0.3 is 0 Å². The lowest BCUT2D eigenvalue weighted by Crippen LogP contribution is -2.24. The van der Waals surface area contributed by atoms with Crippen molar-refractivity contribution in [3.8, 4) is 0 Å². The monoisotopic (exact) mass is 512 g/mol.